The number of hydrogen-bond acceptors (Lipinski definition) is 5. The fraction of sp³-hybridized carbons (Fsp3) is 1.00. The van der Waals surface area contributed by atoms with Gasteiger partial charge in [0.15, 0.2) is 0 Å². The van der Waals surface area contributed by atoms with E-state index in [2.05, 4.69) is 24.1 Å². The van der Waals surface area contributed by atoms with Crippen molar-refractivity contribution in [3.63, 3.8) is 0 Å². The van der Waals surface area contributed by atoms with Gasteiger partial charge in [-0.3, -0.25) is 4.90 Å². The number of nitrogens with zero attached hydrogens (tertiary/aromatic N) is 1. The lowest BCUT2D eigenvalue weighted by atomic mass is 10.0. The number of ether oxygens (including phenoxy) is 1. The summed E-state index contributed by atoms with van der Waals surface area (Å²) in [7, 11) is -2.86. The largest absolute Gasteiger partial charge is 0.374 e. The molecule has 2 unspecified atom stereocenters. The van der Waals surface area contributed by atoms with Crippen molar-refractivity contribution in [1.82, 2.24) is 10.2 Å². The zero-order valence-electron chi connectivity index (χ0n) is 13.8. The van der Waals surface area contributed by atoms with E-state index in [4.69, 9.17) is 4.74 Å². The monoisotopic (exact) mass is 320 g/mol. The minimum absolute atomic E-state index is 0.176. The number of nitrogens with one attached hydrogen (secondary N) is 1. The summed E-state index contributed by atoms with van der Waals surface area (Å²) in [6.45, 7) is 10.7. The third-order valence-electron chi connectivity index (χ3n) is 4.04. The molecule has 6 heteroatoms. The molecular formula is C15H32N2O3S. The molecule has 5 nitrogen and oxygen atoms in total. The molecule has 1 aliphatic rings. The van der Waals surface area contributed by atoms with E-state index in [0.717, 1.165) is 45.6 Å². The van der Waals surface area contributed by atoms with Crippen LogP contribution in [0.5, 0.6) is 0 Å². The zero-order chi connectivity index (χ0) is 15.7. The summed E-state index contributed by atoms with van der Waals surface area (Å²) in [6.07, 6.45) is 2.90. The van der Waals surface area contributed by atoms with Crippen LogP contribution in [0.4, 0.5) is 0 Å². The summed E-state index contributed by atoms with van der Waals surface area (Å²) in [6, 6.07) is 0.252. The van der Waals surface area contributed by atoms with Gasteiger partial charge in [-0.05, 0) is 32.4 Å². The third-order valence-corrected chi connectivity index (χ3v) is 5.83. The van der Waals surface area contributed by atoms with Gasteiger partial charge in [-0.15, -0.1) is 0 Å². The summed E-state index contributed by atoms with van der Waals surface area (Å²) in [4.78, 5) is 2.45. The van der Waals surface area contributed by atoms with Crippen molar-refractivity contribution >= 4 is 9.84 Å². The molecule has 0 spiro atoms. The molecule has 126 valence electrons. The summed E-state index contributed by atoms with van der Waals surface area (Å²) < 4.78 is 29.1. The molecule has 0 aliphatic carbocycles. The molecule has 0 saturated carbocycles. The molecule has 1 fully saturated rings. The van der Waals surface area contributed by atoms with E-state index in [1.807, 2.05) is 0 Å². The van der Waals surface area contributed by atoms with E-state index in [9.17, 15) is 8.42 Å². The fourth-order valence-corrected chi connectivity index (χ4v) is 3.74. The topological polar surface area (TPSA) is 58.6 Å². The Bertz CT molecular complexity index is 371. The van der Waals surface area contributed by atoms with Crippen molar-refractivity contribution in [2.75, 3.05) is 44.3 Å². The van der Waals surface area contributed by atoms with Crippen LogP contribution in [-0.4, -0.2) is 69.8 Å². The average molecular weight is 320 g/mol. The number of morpholine rings is 1. The number of likely N-dealkylation sites (N-methyl/N-ethyl adjacent to an activating group) is 1. The zero-order valence-corrected chi connectivity index (χ0v) is 14.6. The number of hydrogen-bond donors (Lipinski definition) is 1. The maximum absolute atomic E-state index is 11.6. The summed E-state index contributed by atoms with van der Waals surface area (Å²) in [5.41, 5.74) is 0. The molecule has 1 aliphatic heterocycles. The lowest BCUT2D eigenvalue weighted by molar-refractivity contribution is -0.0473. The van der Waals surface area contributed by atoms with Crippen LogP contribution in [0, 0.1) is 0 Å². The normalized spacial score (nSPS) is 22.3. The lowest BCUT2D eigenvalue weighted by Crippen LogP contribution is -2.52. The molecule has 21 heavy (non-hydrogen) atoms. The SMILES string of the molecule is CCCN1CCOC(C(CCCS(=O)(=O)CC)NCC)C1. The van der Waals surface area contributed by atoms with E-state index >= 15 is 0 Å². The quantitative estimate of drug-likeness (QED) is 0.657. The first-order valence-corrected chi connectivity index (χ1v) is 10.1. The molecular weight excluding hydrogens is 288 g/mol. The van der Waals surface area contributed by atoms with Crippen LogP contribution >= 0.6 is 0 Å². The van der Waals surface area contributed by atoms with Crippen LogP contribution in [0.25, 0.3) is 0 Å². The smallest absolute Gasteiger partial charge is 0.150 e. The van der Waals surface area contributed by atoms with Gasteiger partial charge in [0, 0.05) is 24.9 Å². The summed E-state index contributed by atoms with van der Waals surface area (Å²) >= 11 is 0. The summed E-state index contributed by atoms with van der Waals surface area (Å²) in [5, 5.41) is 3.47. The molecule has 2 atom stereocenters. The molecule has 0 bridgehead atoms. The molecule has 0 aromatic heterocycles. The molecule has 0 radical (unpaired) electrons. The Morgan fingerprint density at radius 1 is 1.33 bits per heavy atom. The second-order valence-electron chi connectivity index (χ2n) is 5.75. The maximum Gasteiger partial charge on any atom is 0.150 e. The van der Waals surface area contributed by atoms with E-state index in [1.54, 1.807) is 6.92 Å². The highest BCUT2D eigenvalue weighted by Gasteiger charge is 2.27. The van der Waals surface area contributed by atoms with E-state index in [-0.39, 0.29) is 23.7 Å². The maximum atomic E-state index is 11.6. The Morgan fingerprint density at radius 3 is 2.71 bits per heavy atom. The molecule has 0 aromatic rings. The van der Waals surface area contributed by atoms with Gasteiger partial charge in [0.25, 0.3) is 0 Å². The van der Waals surface area contributed by atoms with Crippen molar-refractivity contribution in [3.05, 3.63) is 0 Å². The van der Waals surface area contributed by atoms with Crippen molar-refractivity contribution in [3.8, 4) is 0 Å². The molecule has 1 saturated heterocycles. The number of sulfone groups is 1. The van der Waals surface area contributed by atoms with Crippen molar-refractivity contribution in [2.24, 2.45) is 0 Å². The predicted molar refractivity (Wildman–Crippen MR) is 87.5 cm³/mol. The second kappa shape index (κ2) is 9.77. The first-order chi connectivity index (χ1) is 10.0. The van der Waals surface area contributed by atoms with Crippen molar-refractivity contribution in [1.29, 1.82) is 0 Å². The Kier molecular flexibility index (Phi) is 8.78. The van der Waals surface area contributed by atoms with Crippen LogP contribution in [-0.2, 0) is 14.6 Å². The predicted octanol–water partition coefficient (Wildman–Crippen LogP) is 1.29. The highest BCUT2D eigenvalue weighted by Crippen LogP contribution is 2.14. The fourth-order valence-electron chi connectivity index (χ4n) is 2.84. The van der Waals surface area contributed by atoms with Gasteiger partial charge in [-0.25, -0.2) is 8.42 Å². The second-order valence-corrected chi connectivity index (χ2v) is 8.23. The highest BCUT2D eigenvalue weighted by atomic mass is 32.2. The van der Waals surface area contributed by atoms with Gasteiger partial charge in [0.1, 0.15) is 9.84 Å². The first kappa shape index (κ1) is 18.9. The Labute approximate surface area is 130 Å². The standard InChI is InChI=1S/C15H32N2O3S/c1-4-9-17-10-11-20-15(13-17)14(16-5-2)8-7-12-21(18,19)6-3/h14-16H,4-13H2,1-3H3. The van der Waals surface area contributed by atoms with E-state index in [1.165, 1.54) is 0 Å². The van der Waals surface area contributed by atoms with Gasteiger partial charge < -0.3 is 10.1 Å². The Balaban J connectivity index is 2.47. The molecule has 1 rings (SSSR count). The molecule has 1 N–H and O–H groups in total. The van der Waals surface area contributed by atoms with Gasteiger partial charge >= 0.3 is 0 Å². The first-order valence-electron chi connectivity index (χ1n) is 8.30. The van der Waals surface area contributed by atoms with Crippen LogP contribution in [0.3, 0.4) is 0 Å². The Morgan fingerprint density at radius 2 is 2.10 bits per heavy atom. The molecule has 0 amide bonds. The van der Waals surface area contributed by atoms with Gasteiger partial charge in [0.05, 0.1) is 18.5 Å². The van der Waals surface area contributed by atoms with E-state index < -0.39 is 9.84 Å². The Hall–Kier alpha value is -0.170. The van der Waals surface area contributed by atoms with Gasteiger partial charge in [-0.2, -0.15) is 0 Å². The average Bonchev–Trinajstić information content (AvgIpc) is 2.47. The molecule has 1 heterocycles. The highest BCUT2D eigenvalue weighted by molar-refractivity contribution is 7.91. The van der Waals surface area contributed by atoms with Crippen molar-refractivity contribution in [2.45, 2.75) is 52.2 Å². The minimum Gasteiger partial charge on any atom is -0.374 e. The number of rotatable bonds is 10. The van der Waals surface area contributed by atoms with Crippen LogP contribution in [0.1, 0.15) is 40.0 Å². The van der Waals surface area contributed by atoms with Crippen LogP contribution < -0.4 is 5.32 Å². The van der Waals surface area contributed by atoms with E-state index in [0.29, 0.717) is 6.42 Å². The molecule has 0 aromatic carbocycles. The lowest BCUT2D eigenvalue weighted by Gasteiger charge is -2.37. The third kappa shape index (κ3) is 7.08. The van der Waals surface area contributed by atoms with Crippen LogP contribution in [0.15, 0.2) is 0 Å². The van der Waals surface area contributed by atoms with Crippen LogP contribution in [0.2, 0.25) is 0 Å². The van der Waals surface area contributed by atoms with Crippen molar-refractivity contribution < 1.29 is 13.2 Å². The summed E-state index contributed by atoms with van der Waals surface area (Å²) in [5.74, 6) is 0.528. The minimum atomic E-state index is -2.86. The van der Waals surface area contributed by atoms with Gasteiger partial charge in [-0.1, -0.05) is 20.8 Å². The van der Waals surface area contributed by atoms with Gasteiger partial charge in [0.2, 0.25) is 0 Å².